The molecular formula is C17H21N3O7S2. The van der Waals surface area contributed by atoms with Gasteiger partial charge in [-0.3, -0.25) is 9.10 Å². The van der Waals surface area contributed by atoms with E-state index in [0.717, 1.165) is 10.6 Å². The van der Waals surface area contributed by atoms with Crippen molar-refractivity contribution in [2.24, 2.45) is 5.14 Å². The highest BCUT2D eigenvalue weighted by Crippen LogP contribution is 2.36. The van der Waals surface area contributed by atoms with Gasteiger partial charge in [-0.15, -0.1) is 0 Å². The van der Waals surface area contributed by atoms with Crippen LogP contribution in [0.1, 0.15) is 10.4 Å². The average molecular weight is 444 g/mol. The molecule has 12 heteroatoms. The Morgan fingerprint density at radius 3 is 1.97 bits per heavy atom. The first-order valence-corrected chi connectivity index (χ1v) is 11.4. The van der Waals surface area contributed by atoms with Crippen LogP contribution in [0.15, 0.2) is 41.3 Å². The number of carbonyl (C=O) groups is 1. The van der Waals surface area contributed by atoms with Crippen LogP contribution in [0.5, 0.6) is 11.5 Å². The van der Waals surface area contributed by atoms with Gasteiger partial charge in [-0.2, -0.15) is 0 Å². The molecule has 0 fully saturated rings. The third-order valence-electron chi connectivity index (χ3n) is 4.02. The fourth-order valence-corrected chi connectivity index (χ4v) is 3.44. The van der Waals surface area contributed by atoms with E-state index in [1.54, 1.807) is 0 Å². The zero-order valence-electron chi connectivity index (χ0n) is 16.2. The molecule has 10 nitrogen and oxygen atoms in total. The maximum atomic E-state index is 12.8. The summed E-state index contributed by atoms with van der Waals surface area (Å²) in [6, 6.07) is 7.92. The Hall–Kier alpha value is -2.83. The topological polar surface area (TPSA) is 145 Å². The highest BCUT2D eigenvalue weighted by Gasteiger charge is 2.23. The Kier molecular flexibility index (Phi) is 6.40. The van der Waals surface area contributed by atoms with Crippen molar-refractivity contribution >= 4 is 37.3 Å². The molecule has 29 heavy (non-hydrogen) atoms. The number of ether oxygens (including phenoxy) is 2. The van der Waals surface area contributed by atoms with E-state index in [4.69, 9.17) is 14.6 Å². The van der Waals surface area contributed by atoms with Crippen molar-refractivity contribution in [2.75, 3.05) is 37.1 Å². The van der Waals surface area contributed by atoms with Crippen LogP contribution in [0.2, 0.25) is 0 Å². The Balaban J connectivity index is 2.49. The lowest BCUT2D eigenvalue weighted by Gasteiger charge is -2.22. The van der Waals surface area contributed by atoms with E-state index in [1.165, 1.54) is 57.7 Å². The van der Waals surface area contributed by atoms with Crippen molar-refractivity contribution in [3.8, 4) is 11.5 Å². The SMILES string of the molecule is COc1cc(C(=O)Nc2ccc(S(N)(=O)=O)cc2)c(N(C)S(C)(=O)=O)cc1OC. The van der Waals surface area contributed by atoms with Crippen molar-refractivity contribution in [1.29, 1.82) is 0 Å². The summed E-state index contributed by atoms with van der Waals surface area (Å²) < 4.78 is 58.0. The summed E-state index contributed by atoms with van der Waals surface area (Å²) in [5.74, 6) is -0.167. The standard InChI is InChI=1S/C17H21N3O7S2/c1-20(28(4,22)23)14-10-16(27-3)15(26-2)9-13(14)17(21)19-11-5-7-12(8-6-11)29(18,24)25/h5-10H,1-4H3,(H,19,21)(H2,18,24,25). The second kappa shape index (κ2) is 8.27. The van der Waals surface area contributed by atoms with E-state index in [1.807, 2.05) is 0 Å². The van der Waals surface area contributed by atoms with E-state index < -0.39 is 26.0 Å². The van der Waals surface area contributed by atoms with Crippen molar-refractivity contribution in [3.63, 3.8) is 0 Å². The quantitative estimate of drug-likeness (QED) is 0.649. The number of carbonyl (C=O) groups excluding carboxylic acids is 1. The van der Waals surface area contributed by atoms with Crippen LogP contribution in [0.25, 0.3) is 0 Å². The molecule has 0 bridgehead atoms. The molecule has 2 rings (SSSR count). The second-order valence-corrected chi connectivity index (χ2v) is 9.55. The van der Waals surface area contributed by atoms with Crippen LogP contribution in [0.4, 0.5) is 11.4 Å². The van der Waals surface area contributed by atoms with Gasteiger partial charge < -0.3 is 14.8 Å². The third kappa shape index (κ3) is 5.16. The van der Waals surface area contributed by atoms with E-state index in [9.17, 15) is 21.6 Å². The molecule has 2 aromatic carbocycles. The molecule has 3 N–H and O–H groups in total. The molecule has 0 aliphatic rings. The smallest absolute Gasteiger partial charge is 0.257 e. The summed E-state index contributed by atoms with van der Waals surface area (Å²) in [6.45, 7) is 0. The van der Waals surface area contributed by atoms with Gasteiger partial charge in [0.15, 0.2) is 11.5 Å². The largest absolute Gasteiger partial charge is 0.493 e. The number of nitrogens with two attached hydrogens (primary N) is 1. The summed E-state index contributed by atoms with van der Waals surface area (Å²) >= 11 is 0. The van der Waals surface area contributed by atoms with Gasteiger partial charge in [-0.05, 0) is 30.3 Å². The van der Waals surface area contributed by atoms with Crippen molar-refractivity contribution in [3.05, 3.63) is 42.0 Å². The zero-order valence-corrected chi connectivity index (χ0v) is 17.8. The van der Waals surface area contributed by atoms with Gasteiger partial charge in [0.05, 0.1) is 36.6 Å². The molecule has 0 saturated carbocycles. The minimum absolute atomic E-state index is 0.00565. The predicted octanol–water partition coefficient (Wildman–Crippen LogP) is 0.999. The Bertz CT molecular complexity index is 1130. The normalized spacial score (nSPS) is 11.6. The van der Waals surface area contributed by atoms with Crippen LogP contribution in [0, 0.1) is 0 Å². The summed E-state index contributed by atoms with van der Waals surface area (Å²) in [5, 5.41) is 7.63. The molecule has 158 valence electrons. The number of hydrogen-bond donors (Lipinski definition) is 2. The van der Waals surface area contributed by atoms with Crippen LogP contribution in [0.3, 0.4) is 0 Å². The number of methoxy groups -OCH3 is 2. The van der Waals surface area contributed by atoms with Crippen molar-refractivity contribution in [2.45, 2.75) is 4.90 Å². The van der Waals surface area contributed by atoms with Crippen LogP contribution >= 0.6 is 0 Å². The molecule has 0 atom stereocenters. The number of hydrogen-bond acceptors (Lipinski definition) is 7. The number of nitrogens with zero attached hydrogens (tertiary/aromatic N) is 1. The van der Waals surface area contributed by atoms with E-state index in [0.29, 0.717) is 0 Å². The molecule has 0 heterocycles. The number of amides is 1. The molecular weight excluding hydrogens is 422 g/mol. The molecule has 0 unspecified atom stereocenters. The van der Waals surface area contributed by atoms with Gasteiger partial charge in [0.25, 0.3) is 5.91 Å². The number of primary sulfonamides is 1. The van der Waals surface area contributed by atoms with Crippen LogP contribution < -0.4 is 24.2 Å². The summed E-state index contributed by atoms with van der Waals surface area (Å²) in [4.78, 5) is 12.7. The third-order valence-corrected chi connectivity index (χ3v) is 6.14. The minimum atomic E-state index is -3.87. The lowest BCUT2D eigenvalue weighted by molar-refractivity contribution is 0.102. The minimum Gasteiger partial charge on any atom is -0.493 e. The van der Waals surface area contributed by atoms with Crippen LogP contribution in [-0.4, -0.2) is 50.3 Å². The highest BCUT2D eigenvalue weighted by molar-refractivity contribution is 7.92. The lowest BCUT2D eigenvalue weighted by atomic mass is 10.1. The molecule has 0 aliphatic heterocycles. The molecule has 0 aliphatic carbocycles. The molecule has 1 amide bonds. The van der Waals surface area contributed by atoms with Crippen LogP contribution in [-0.2, 0) is 20.0 Å². The fourth-order valence-electron chi connectivity index (χ4n) is 2.42. The molecule has 0 saturated heterocycles. The number of sulfonamides is 2. The zero-order chi connectivity index (χ0) is 22.0. The predicted molar refractivity (Wildman–Crippen MR) is 109 cm³/mol. The number of benzene rings is 2. The van der Waals surface area contributed by atoms with Gasteiger partial charge in [0.1, 0.15) is 0 Å². The first kappa shape index (κ1) is 22.5. The Labute approximate surface area is 169 Å². The summed E-state index contributed by atoms with van der Waals surface area (Å²) in [7, 11) is -3.48. The monoisotopic (exact) mass is 443 g/mol. The number of nitrogens with one attached hydrogen (secondary N) is 1. The van der Waals surface area contributed by atoms with E-state index in [2.05, 4.69) is 5.32 Å². The van der Waals surface area contributed by atoms with E-state index >= 15 is 0 Å². The van der Waals surface area contributed by atoms with Crippen molar-refractivity contribution < 1.29 is 31.1 Å². The van der Waals surface area contributed by atoms with E-state index in [-0.39, 0.29) is 33.3 Å². The summed E-state index contributed by atoms with van der Waals surface area (Å²) in [6.07, 6.45) is 0.997. The van der Waals surface area contributed by atoms with Gasteiger partial charge >= 0.3 is 0 Å². The van der Waals surface area contributed by atoms with Crippen molar-refractivity contribution in [1.82, 2.24) is 0 Å². The molecule has 0 spiro atoms. The molecule has 2 aromatic rings. The van der Waals surface area contributed by atoms with Gasteiger partial charge in [-0.1, -0.05) is 0 Å². The van der Waals surface area contributed by atoms with Gasteiger partial charge in [0, 0.05) is 18.8 Å². The molecule has 0 aromatic heterocycles. The Morgan fingerprint density at radius 2 is 1.52 bits per heavy atom. The highest BCUT2D eigenvalue weighted by atomic mass is 32.2. The number of anilines is 2. The Morgan fingerprint density at radius 1 is 1.00 bits per heavy atom. The average Bonchev–Trinajstić information content (AvgIpc) is 2.65. The maximum absolute atomic E-state index is 12.8. The molecule has 0 radical (unpaired) electrons. The summed E-state index contributed by atoms with van der Waals surface area (Å²) in [5.41, 5.74) is 0.361. The maximum Gasteiger partial charge on any atom is 0.257 e. The first-order valence-electron chi connectivity index (χ1n) is 8.02. The first-order chi connectivity index (χ1) is 13.4. The number of rotatable bonds is 7. The lowest BCUT2D eigenvalue weighted by Crippen LogP contribution is -2.28. The van der Waals surface area contributed by atoms with Gasteiger partial charge in [-0.25, -0.2) is 22.0 Å². The second-order valence-electron chi connectivity index (χ2n) is 5.98. The fraction of sp³-hybridized carbons (Fsp3) is 0.235. The van der Waals surface area contributed by atoms with Gasteiger partial charge in [0.2, 0.25) is 20.0 Å².